The fourth-order valence-corrected chi connectivity index (χ4v) is 2.87. The summed E-state index contributed by atoms with van der Waals surface area (Å²) in [7, 11) is 0. The van der Waals surface area contributed by atoms with Crippen LogP contribution in [0.2, 0.25) is 0 Å². The van der Waals surface area contributed by atoms with Crippen LogP contribution in [0.15, 0.2) is 42.6 Å². The van der Waals surface area contributed by atoms with Crippen LogP contribution in [-0.4, -0.2) is 10.1 Å². The lowest BCUT2D eigenvalue weighted by Gasteiger charge is -1.98. The molecule has 3 nitrogen and oxygen atoms in total. The molecule has 0 aliphatic carbocycles. The number of aromatic hydroxyl groups is 1. The second kappa shape index (κ2) is 4.40. The molecule has 3 N–H and O–H groups in total. The number of hydrogen-bond acceptors (Lipinski definition) is 4. The van der Waals surface area contributed by atoms with Crippen LogP contribution in [0.25, 0.3) is 20.7 Å². The topological polar surface area (TPSA) is 59.1 Å². The van der Waals surface area contributed by atoms with Gasteiger partial charge >= 0.3 is 0 Å². The van der Waals surface area contributed by atoms with E-state index in [0.717, 1.165) is 26.2 Å². The van der Waals surface area contributed by atoms with E-state index in [-0.39, 0.29) is 0 Å². The Morgan fingerprint density at radius 1 is 1.17 bits per heavy atom. The molecule has 0 saturated carbocycles. The highest BCUT2D eigenvalue weighted by Crippen LogP contribution is 2.34. The van der Waals surface area contributed by atoms with Gasteiger partial charge in [-0.1, -0.05) is 6.07 Å². The molecule has 3 rings (SSSR count). The van der Waals surface area contributed by atoms with Gasteiger partial charge in [0.25, 0.3) is 0 Å². The lowest BCUT2D eigenvalue weighted by atomic mass is 10.2. The molecule has 2 heterocycles. The summed E-state index contributed by atoms with van der Waals surface area (Å²) in [5.74, 6) is 0.290. The molecule has 4 heteroatoms. The van der Waals surface area contributed by atoms with E-state index < -0.39 is 0 Å². The van der Waals surface area contributed by atoms with Gasteiger partial charge in [-0.2, -0.15) is 0 Å². The van der Waals surface area contributed by atoms with Crippen molar-refractivity contribution >= 4 is 21.4 Å². The number of benzene rings is 1. The zero-order valence-corrected chi connectivity index (χ0v) is 10.4. The number of aromatic nitrogens is 1. The van der Waals surface area contributed by atoms with Crippen LogP contribution in [0.5, 0.6) is 5.75 Å². The number of rotatable bonds is 2. The molecule has 0 atom stereocenters. The molecule has 18 heavy (non-hydrogen) atoms. The normalized spacial score (nSPS) is 10.9. The van der Waals surface area contributed by atoms with Gasteiger partial charge in [-0.15, -0.1) is 11.3 Å². The summed E-state index contributed by atoms with van der Waals surface area (Å²) in [4.78, 5) is 5.50. The number of phenolic OH excluding ortho intramolecular Hbond substituents is 1. The Morgan fingerprint density at radius 3 is 2.78 bits per heavy atom. The van der Waals surface area contributed by atoms with E-state index in [1.165, 1.54) is 0 Å². The van der Waals surface area contributed by atoms with Crippen LogP contribution in [0, 0.1) is 0 Å². The molecule has 3 aromatic rings. The van der Waals surface area contributed by atoms with Crippen LogP contribution >= 0.6 is 11.3 Å². The Morgan fingerprint density at radius 2 is 2.06 bits per heavy atom. The van der Waals surface area contributed by atoms with E-state index in [1.807, 2.05) is 24.3 Å². The number of hydrogen-bond donors (Lipinski definition) is 2. The molecule has 0 aliphatic heterocycles. The SMILES string of the molecule is NCc1ccc(-c2cc3cc(O)ccc3s2)nc1. The monoisotopic (exact) mass is 256 g/mol. The summed E-state index contributed by atoms with van der Waals surface area (Å²) in [5.41, 5.74) is 7.51. The average molecular weight is 256 g/mol. The first-order chi connectivity index (χ1) is 8.76. The van der Waals surface area contributed by atoms with Crippen molar-refractivity contribution in [2.75, 3.05) is 0 Å². The van der Waals surface area contributed by atoms with Crippen LogP contribution in [0.4, 0.5) is 0 Å². The van der Waals surface area contributed by atoms with E-state index in [0.29, 0.717) is 12.3 Å². The summed E-state index contributed by atoms with van der Waals surface area (Å²) in [6.45, 7) is 0.508. The molecule has 0 bridgehead atoms. The maximum atomic E-state index is 9.45. The second-order valence-corrected chi connectivity index (χ2v) is 5.17. The van der Waals surface area contributed by atoms with Crippen LogP contribution in [0.1, 0.15) is 5.56 Å². The Kier molecular flexibility index (Phi) is 2.74. The number of fused-ring (bicyclic) bond motifs is 1. The van der Waals surface area contributed by atoms with E-state index in [1.54, 1.807) is 29.7 Å². The quantitative estimate of drug-likeness (QED) is 0.740. The van der Waals surface area contributed by atoms with E-state index in [2.05, 4.69) is 4.98 Å². The minimum absolute atomic E-state index is 0.290. The van der Waals surface area contributed by atoms with E-state index in [4.69, 9.17) is 5.73 Å². The third-order valence-corrected chi connectivity index (χ3v) is 3.95. The van der Waals surface area contributed by atoms with Crippen LogP contribution < -0.4 is 5.73 Å². The number of pyridine rings is 1. The Labute approximate surface area is 109 Å². The van der Waals surface area contributed by atoms with Crippen molar-refractivity contribution in [3.63, 3.8) is 0 Å². The van der Waals surface area contributed by atoms with E-state index >= 15 is 0 Å². The van der Waals surface area contributed by atoms with Crippen molar-refractivity contribution < 1.29 is 5.11 Å². The van der Waals surface area contributed by atoms with Crippen LogP contribution in [0.3, 0.4) is 0 Å². The maximum absolute atomic E-state index is 9.45. The summed E-state index contributed by atoms with van der Waals surface area (Å²) < 4.78 is 1.15. The third kappa shape index (κ3) is 1.96. The summed E-state index contributed by atoms with van der Waals surface area (Å²) in [6, 6.07) is 11.4. The molecule has 0 aliphatic rings. The zero-order valence-electron chi connectivity index (χ0n) is 9.63. The van der Waals surface area contributed by atoms with Gasteiger partial charge < -0.3 is 10.8 Å². The van der Waals surface area contributed by atoms with Gasteiger partial charge in [0, 0.05) is 17.4 Å². The lowest BCUT2D eigenvalue weighted by molar-refractivity contribution is 0.476. The first kappa shape index (κ1) is 11.2. The van der Waals surface area contributed by atoms with Gasteiger partial charge in [-0.05, 0) is 41.3 Å². The number of thiophene rings is 1. The molecule has 0 fully saturated rings. The third-order valence-electron chi connectivity index (χ3n) is 2.81. The Balaban J connectivity index is 2.07. The molecule has 0 spiro atoms. The molecule has 1 aromatic carbocycles. The number of nitrogens with two attached hydrogens (primary N) is 1. The zero-order chi connectivity index (χ0) is 12.5. The first-order valence-corrected chi connectivity index (χ1v) is 6.46. The van der Waals surface area contributed by atoms with Crippen molar-refractivity contribution in [3.05, 3.63) is 48.2 Å². The molecule has 0 radical (unpaired) electrons. The van der Waals surface area contributed by atoms with Gasteiger partial charge in [0.15, 0.2) is 0 Å². The molecular weight excluding hydrogens is 244 g/mol. The summed E-state index contributed by atoms with van der Waals surface area (Å²) >= 11 is 1.67. The van der Waals surface area contributed by atoms with Crippen molar-refractivity contribution in [1.29, 1.82) is 0 Å². The largest absolute Gasteiger partial charge is 0.508 e. The van der Waals surface area contributed by atoms with Gasteiger partial charge in [0.2, 0.25) is 0 Å². The summed E-state index contributed by atoms with van der Waals surface area (Å²) in [6.07, 6.45) is 1.80. The molecule has 0 saturated heterocycles. The highest BCUT2D eigenvalue weighted by Gasteiger charge is 2.06. The second-order valence-electron chi connectivity index (χ2n) is 4.09. The number of phenols is 1. The summed E-state index contributed by atoms with van der Waals surface area (Å²) in [5, 5.41) is 10.5. The molecule has 0 unspecified atom stereocenters. The van der Waals surface area contributed by atoms with Crippen molar-refractivity contribution in [3.8, 4) is 16.3 Å². The van der Waals surface area contributed by atoms with Gasteiger partial charge in [0.1, 0.15) is 5.75 Å². The predicted octanol–water partition coefficient (Wildman–Crippen LogP) is 3.13. The van der Waals surface area contributed by atoms with E-state index in [9.17, 15) is 5.11 Å². The minimum Gasteiger partial charge on any atom is -0.508 e. The predicted molar refractivity (Wildman–Crippen MR) is 74.6 cm³/mol. The molecular formula is C14H12N2OS. The lowest BCUT2D eigenvalue weighted by Crippen LogP contribution is -1.96. The highest BCUT2D eigenvalue weighted by atomic mass is 32.1. The minimum atomic E-state index is 0.290. The Hall–Kier alpha value is -1.91. The Bertz CT molecular complexity index is 689. The van der Waals surface area contributed by atoms with Crippen molar-refractivity contribution in [1.82, 2.24) is 4.98 Å². The van der Waals surface area contributed by atoms with Gasteiger partial charge in [-0.25, -0.2) is 0 Å². The average Bonchev–Trinajstić information content (AvgIpc) is 2.81. The molecule has 90 valence electrons. The highest BCUT2D eigenvalue weighted by molar-refractivity contribution is 7.22. The van der Waals surface area contributed by atoms with Gasteiger partial charge in [0.05, 0.1) is 10.6 Å². The smallest absolute Gasteiger partial charge is 0.116 e. The fourth-order valence-electron chi connectivity index (χ4n) is 1.85. The first-order valence-electron chi connectivity index (χ1n) is 5.64. The number of nitrogens with zero attached hydrogens (tertiary/aromatic N) is 1. The molecule has 2 aromatic heterocycles. The maximum Gasteiger partial charge on any atom is 0.116 e. The van der Waals surface area contributed by atoms with Crippen LogP contribution in [-0.2, 0) is 6.54 Å². The van der Waals surface area contributed by atoms with Crippen molar-refractivity contribution in [2.45, 2.75) is 6.54 Å². The van der Waals surface area contributed by atoms with Crippen molar-refractivity contribution in [2.24, 2.45) is 5.73 Å². The standard InChI is InChI=1S/C14H12N2OS/c15-7-9-1-3-12(16-8-9)14-6-10-5-11(17)2-4-13(10)18-14/h1-6,8,17H,7,15H2. The molecule has 0 amide bonds. The van der Waals surface area contributed by atoms with Gasteiger partial charge in [-0.3, -0.25) is 4.98 Å². The fraction of sp³-hybridized carbons (Fsp3) is 0.0714.